The fourth-order valence-corrected chi connectivity index (χ4v) is 2.89. The number of hydrogen-bond acceptors (Lipinski definition) is 6. The largest absolute Gasteiger partial charge is 0.439 e. The third-order valence-electron chi connectivity index (χ3n) is 3.22. The van der Waals surface area contributed by atoms with E-state index in [2.05, 4.69) is 25.0 Å². The molecule has 0 aromatic carbocycles. The van der Waals surface area contributed by atoms with Crippen molar-refractivity contribution in [2.45, 2.75) is 19.9 Å². The third-order valence-corrected chi connectivity index (χ3v) is 4.27. The van der Waals surface area contributed by atoms with Crippen LogP contribution < -0.4 is 11.1 Å². The highest BCUT2D eigenvalue weighted by atomic mass is 32.1. The van der Waals surface area contributed by atoms with Crippen molar-refractivity contribution in [1.82, 2.24) is 20.4 Å². The minimum atomic E-state index is -0.646. The lowest BCUT2D eigenvalue weighted by molar-refractivity contribution is 0.0935. The first-order chi connectivity index (χ1) is 11.0. The van der Waals surface area contributed by atoms with Crippen LogP contribution >= 0.6 is 11.3 Å². The van der Waals surface area contributed by atoms with Crippen LogP contribution in [0.3, 0.4) is 0 Å². The lowest BCUT2D eigenvalue weighted by Gasteiger charge is -2.12. The van der Waals surface area contributed by atoms with Gasteiger partial charge >= 0.3 is 5.76 Å². The van der Waals surface area contributed by atoms with Crippen LogP contribution in [-0.2, 0) is 0 Å². The maximum atomic E-state index is 12.4. The number of carbonyl (C=O) groups excluding carboxylic acids is 1. The van der Waals surface area contributed by atoms with Crippen molar-refractivity contribution in [2.24, 2.45) is 0 Å². The number of nitrogens with one attached hydrogen (secondary N) is 2. The molecule has 3 rings (SSSR count). The van der Waals surface area contributed by atoms with Gasteiger partial charge in [-0.1, -0.05) is 11.2 Å². The molecule has 0 radical (unpaired) electrons. The Morgan fingerprint density at radius 1 is 1.43 bits per heavy atom. The summed E-state index contributed by atoms with van der Waals surface area (Å²) in [7, 11) is 0. The maximum Gasteiger partial charge on any atom is 0.439 e. The van der Waals surface area contributed by atoms with E-state index in [4.69, 9.17) is 0 Å². The summed E-state index contributed by atoms with van der Waals surface area (Å²) in [6.07, 6.45) is 0. The molecule has 0 saturated heterocycles. The summed E-state index contributed by atoms with van der Waals surface area (Å²) in [5.74, 6) is -0.672. The molecule has 3 aromatic heterocycles. The molecular formula is C15H14N4O3S. The molecule has 0 aliphatic heterocycles. The van der Waals surface area contributed by atoms with E-state index in [-0.39, 0.29) is 23.5 Å². The van der Waals surface area contributed by atoms with Gasteiger partial charge in [0.25, 0.3) is 5.91 Å². The molecule has 118 valence electrons. The predicted molar refractivity (Wildman–Crippen MR) is 85.3 cm³/mol. The van der Waals surface area contributed by atoms with Crippen molar-refractivity contribution in [2.75, 3.05) is 0 Å². The molecule has 1 amide bonds. The van der Waals surface area contributed by atoms with Crippen LogP contribution in [0.25, 0.3) is 11.4 Å². The maximum absolute atomic E-state index is 12.4. The van der Waals surface area contributed by atoms with Crippen molar-refractivity contribution in [3.05, 3.63) is 56.5 Å². The van der Waals surface area contributed by atoms with Crippen LogP contribution in [0.5, 0.6) is 0 Å². The van der Waals surface area contributed by atoms with E-state index in [1.807, 2.05) is 24.4 Å². The molecule has 2 N–H and O–H groups in total. The highest BCUT2D eigenvalue weighted by Crippen LogP contribution is 2.20. The summed E-state index contributed by atoms with van der Waals surface area (Å²) < 4.78 is 4.49. The summed E-state index contributed by atoms with van der Waals surface area (Å²) in [6.45, 7) is 3.68. The number of aryl methyl sites for hydroxylation is 1. The summed E-state index contributed by atoms with van der Waals surface area (Å²) in [5.41, 5.74) is 1.46. The molecular weight excluding hydrogens is 316 g/mol. The molecule has 0 aliphatic rings. The number of nitrogens with zero attached hydrogens (tertiary/aromatic N) is 2. The Balaban J connectivity index is 1.86. The second-order valence-corrected chi connectivity index (χ2v) is 6.02. The smallest absolute Gasteiger partial charge is 0.343 e. The van der Waals surface area contributed by atoms with Gasteiger partial charge in [-0.05, 0) is 37.4 Å². The molecule has 0 aliphatic carbocycles. The van der Waals surface area contributed by atoms with E-state index in [0.717, 1.165) is 4.88 Å². The summed E-state index contributed by atoms with van der Waals surface area (Å²) in [4.78, 5) is 31.2. The molecule has 3 aromatic rings. The van der Waals surface area contributed by atoms with Gasteiger partial charge in [-0.2, -0.15) is 0 Å². The Hall–Kier alpha value is -2.74. The van der Waals surface area contributed by atoms with Crippen LogP contribution in [0.2, 0.25) is 0 Å². The van der Waals surface area contributed by atoms with E-state index in [9.17, 15) is 9.59 Å². The van der Waals surface area contributed by atoms with E-state index in [0.29, 0.717) is 11.3 Å². The molecule has 0 saturated carbocycles. The zero-order valence-corrected chi connectivity index (χ0v) is 13.3. The Bertz CT molecular complexity index is 882. The van der Waals surface area contributed by atoms with Gasteiger partial charge in [-0.3, -0.25) is 14.3 Å². The number of pyridine rings is 1. The summed E-state index contributed by atoms with van der Waals surface area (Å²) in [5, 5.41) is 8.49. The normalized spacial score (nSPS) is 12.1. The van der Waals surface area contributed by atoms with Crippen molar-refractivity contribution >= 4 is 17.2 Å². The van der Waals surface area contributed by atoms with Crippen LogP contribution in [-0.4, -0.2) is 21.0 Å². The zero-order chi connectivity index (χ0) is 16.4. The molecule has 3 heterocycles. The van der Waals surface area contributed by atoms with E-state index < -0.39 is 5.76 Å². The Labute approximate surface area is 135 Å². The van der Waals surface area contributed by atoms with E-state index in [1.54, 1.807) is 30.4 Å². The van der Waals surface area contributed by atoms with Crippen molar-refractivity contribution in [3.63, 3.8) is 0 Å². The van der Waals surface area contributed by atoms with Gasteiger partial charge < -0.3 is 5.32 Å². The highest BCUT2D eigenvalue weighted by Gasteiger charge is 2.16. The number of thiophene rings is 1. The average Bonchev–Trinajstić information content (AvgIpc) is 3.17. The molecule has 0 bridgehead atoms. The molecule has 0 spiro atoms. The summed E-state index contributed by atoms with van der Waals surface area (Å²) >= 11 is 1.58. The minimum Gasteiger partial charge on any atom is -0.343 e. The lowest BCUT2D eigenvalue weighted by atomic mass is 10.1. The summed E-state index contributed by atoms with van der Waals surface area (Å²) in [6, 6.07) is 7.07. The topological polar surface area (TPSA) is 101 Å². The predicted octanol–water partition coefficient (Wildman–Crippen LogP) is 2.29. The molecule has 7 nitrogen and oxygen atoms in total. The average molecular weight is 330 g/mol. The first kappa shape index (κ1) is 15.2. The molecule has 0 fully saturated rings. The number of carbonyl (C=O) groups is 1. The molecule has 23 heavy (non-hydrogen) atoms. The standard InChI is InChI=1S/C15H14N4O3S/c1-8-6-10(13-18-15(21)22-19-13)7-11(16-8)14(20)17-9(2)12-4-3-5-23-12/h3-7,9H,1-2H3,(H,17,20)(H,18,19,21). The van der Waals surface area contributed by atoms with Crippen molar-refractivity contribution in [3.8, 4) is 11.4 Å². The van der Waals surface area contributed by atoms with Crippen molar-refractivity contribution in [1.29, 1.82) is 0 Å². The number of amides is 1. The Morgan fingerprint density at radius 2 is 2.26 bits per heavy atom. The van der Waals surface area contributed by atoms with Gasteiger partial charge in [-0.15, -0.1) is 11.3 Å². The number of aromatic amines is 1. The quantitative estimate of drug-likeness (QED) is 0.764. The number of hydrogen-bond donors (Lipinski definition) is 2. The second-order valence-electron chi connectivity index (χ2n) is 5.04. The highest BCUT2D eigenvalue weighted by molar-refractivity contribution is 7.10. The fourth-order valence-electron chi connectivity index (χ4n) is 2.16. The lowest BCUT2D eigenvalue weighted by Crippen LogP contribution is -2.27. The monoisotopic (exact) mass is 330 g/mol. The van der Waals surface area contributed by atoms with Crippen LogP contribution in [0, 0.1) is 6.92 Å². The van der Waals surface area contributed by atoms with Gasteiger partial charge in [0.15, 0.2) is 5.82 Å². The fraction of sp³-hybridized carbons (Fsp3) is 0.200. The number of H-pyrrole nitrogens is 1. The van der Waals surface area contributed by atoms with Gasteiger partial charge in [0.1, 0.15) is 5.69 Å². The Morgan fingerprint density at radius 3 is 2.91 bits per heavy atom. The first-order valence-corrected chi connectivity index (χ1v) is 7.80. The van der Waals surface area contributed by atoms with Gasteiger partial charge in [0, 0.05) is 16.1 Å². The molecule has 1 atom stereocenters. The van der Waals surface area contributed by atoms with Gasteiger partial charge in [0.2, 0.25) is 0 Å². The Kier molecular flexibility index (Phi) is 4.07. The third kappa shape index (κ3) is 3.37. The minimum absolute atomic E-state index is 0.111. The van der Waals surface area contributed by atoms with Crippen molar-refractivity contribution < 1.29 is 9.32 Å². The van der Waals surface area contributed by atoms with E-state index in [1.165, 1.54) is 0 Å². The van der Waals surface area contributed by atoms with Gasteiger partial charge in [-0.25, -0.2) is 9.78 Å². The number of aromatic nitrogens is 3. The molecule has 1 unspecified atom stereocenters. The zero-order valence-electron chi connectivity index (χ0n) is 12.5. The van der Waals surface area contributed by atoms with Crippen LogP contribution in [0.1, 0.15) is 34.0 Å². The molecule has 8 heteroatoms. The SMILES string of the molecule is Cc1cc(-c2noc(=O)[nH]2)cc(C(=O)NC(C)c2cccs2)n1. The van der Waals surface area contributed by atoms with Gasteiger partial charge in [0.05, 0.1) is 6.04 Å². The second kappa shape index (κ2) is 6.17. The van der Waals surface area contributed by atoms with Crippen LogP contribution in [0.4, 0.5) is 0 Å². The first-order valence-electron chi connectivity index (χ1n) is 6.92. The number of rotatable bonds is 4. The van der Waals surface area contributed by atoms with Crippen LogP contribution in [0.15, 0.2) is 39.0 Å². The van der Waals surface area contributed by atoms with E-state index >= 15 is 0 Å².